The predicted octanol–water partition coefficient (Wildman–Crippen LogP) is 6.68. The zero-order valence-corrected chi connectivity index (χ0v) is 16.7. The summed E-state index contributed by atoms with van der Waals surface area (Å²) in [5.74, 6) is 0. The minimum Gasteiger partial charge on any atom is -0.378 e. The summed E-state index contributed by atoms with van der Waals surface area (Å²) in [5.41, 5.74) is 4.43. The van der Waals surface area contributed by atoms with Crippen molar-refractivity contribution in [2.75, 3.05) is 7.11 Å². The Hall–Kier alpha value is -0.860. The first kappa shape index (κ1) is 20.2. The molecule has 1 aliphatic rings. The van der Waals surface area contributed by atoms with Crippen molar-refractivity contribution in [1.82, 2.24) is 0 Å². The van der Waals surface area contributed by atoms with Gasteiger partial charge in [-0.1, -0.05) is 64.9 Å². The van der Waals surface area contributed by atoms with Crippen LogP contribution in [0.3, 0.4) is 0 Å². The van der Waals surface area contributed by atoms with Crippen molar-refractivity contribution in [3.63, 3.8) is 0 Å². The Labute approximate surface area is 151 Å². The summed E-state index contributed by atoms with van der Waals surface area (Å²) in [6.45, 7) is 10.3. The monoisotopic (exact) mass is 378 g/mol. The maximum atomic E-state index is 5.39. The summed E-state index contributed by atoms with van der Waals surface area (Å²) >= 11 is 3.73. The van der Waals surface area contributed by atoms with Gasteiger partial charge in [0.25, 0.3) is 0 Å². The molecule has 0 spiro atoms. The van der Waals surface area contributed by atoms with E-state index >= 15 is 0 Å². The third-order valence-electron chi connectivity index (χ3n) is 4.12. The van der Waals surface area contributed by atoms with E-state index in [0.717, 1.165) is 32.1 Å². The minimum atomic E-state index is 0.00151. The van der Waals surface area contributed by atoms with Gasteiger partial charge in [0.2, 0.25) is 0 Å². The molecule has 0 amide bonds. The van der Waals surface area contributed by atoms with Gasteiger partial charge in [0.05, 0.1) is 6.10 Å². The van der Waals surface area contributed by atoms with Gasteiger partial charge in [-0.05, 0) is 57.1 Å². The fourth-order valence-corrected chi connectivity index (χ4v) is 3.15. The molecule has 1 aliphatic carbocycles. The highest BCUT2D eigenvalue weighted by Gasteiger charge is 2.16. The maximum absolute atomic E-state index is 5.39. The van der Waals surface area contributed by atoms with Crippen molar-refractivity contribution in [2.45, 2.75) is 63.3 Å². The number of hydrogen-bond donors (Lipinski definition) is 0. The summed E-state index contributed by atoms with van der Waals surface area (Å²) in [6, 6.07) is 0. The summed E-state index contributed by atoms with van der Waals surface area (Å²) < 4.78 is 5.39. The van der Waals surface area contributed by atoms with E-state index in [-0.39, 0.29) is 10.4 Å². The van der Waals surface area contributed by atoms with Crippen LogP contribution in [-0.2, 0) is 4.74 Å². The van der Waals surface area contributed by atoms with Crippen molar-refractivity contribution in [3.05, 3.63) is 59.8 Å². The highest BCUT2D eigenvalue weighted by Crippen LogP contribution is 2.33. The number of hydrogen-bond acceptors (Lipinski definition) is 1. The van der Waals surface area contributed by atoms with Gasteiger partial charge in [-0.3, -0.25) is 0 Å². The highest BCUT2D eigenvalue weighted by molar-refractivity contribution is 9.10. The average Bonchev–Trinajstić information content (AvgIpc) is 2.49. The lowest BCUT2D eigenvalue weighted by molar-refractivity contribution is 0.155. The molecule has 0 bridgehead atoms. The second-order valence-corrected chi connectivity index (χ2v) is 8.21. The molecule has 0 saturated heterocycles. The molecule has 2 atom stereocenters. The molecule has 2 heteroatoms. The van der Waals surface area contributed by atoms with Crippen molar-refractivity contribution < 1.29 is 4.74 Å². The van der Waals surface area contributed by atoms with Crippen LogP contribution in [0.5, 0.6) is 0 Å². The minimum absolute atomic E-state index is 0.00151. The Kier molecular flexibility index (Phi) is 8.86. The third kappa shape index (κ3) is 7.50. The van der Waals surface area contributed by atoms with E-state index in [1.54, 1.807) is 7.11 Å². The fraction of sp³-hybridized carbons (Fsp3) is 0.524. The molecule has 0 aromatic carbocycles. The summed E-state index contributed by atoms with van der Waals surface area (Å²) in [5, 5.41) is 0. The Morgan fingerprint density at radius 3 is 2.70 bits per heavy atom. The first-order valence-corrected chi connectivity index (χ1v) is 9.31. The molecule has 1 rings (SSSR count). The van der Waals surface area contributed by atoms with E-state index in [0.29, 0.717) is 0 Å². The largest absolute Gasteiger partial charge is 0.378 e. The van der Waals surface area contributed by atoms with Gasteiger partial charge in [-0.15, -0.1) is 6.58 Å². The number of rotatable bonds is 7. The van der Waals surface area contributed by atoms with Crippen LogP contribution in [0.1, 0.15) is 52.9 Å². The zero-order chi connectivity index (χ0) is 17.3. The third-order valence-corrected chi connectivity index (χ3v) is 4.71. The van der Waals surface area contributed by atoms with Gasteiger partial charge in [0.15, 0.2) is 0 Å². The molecule has 0 aliphatic heterocycles. The quantitative estimate of drug-likeness (QED) is 0.354. The lowest BCUT2D eigenvalue weighted by Crippen LogP contribution is -2.09. The van der Waals surface area contributed by atoms with Crippen LogP contribution in [-0.4, -0.2) is 17.5 Å². The lowest BCUT2D eigenvalue weighted by Gasteiger charge is -2.22. The lowest BCUT2D eigenvalue weighted by atomic mass is 9.84. The van der Waals surface area contributed by atoms with Crippen molar-refractivity contribution >= 4 is 15.9 Å². The summed E-state index contributed by atoms with van der Waals surface area (Å²) in [7, 11) is 1.77. The molecule has 2 unspecified atom stereocenters. The van der Waals surface area contributed by atoms with Crippen LogP contribution < -0.4 is 0 Å². The van der Waals surface area contributed by atoms with E-state index in [1.807, 2.05) is 6.08 Å². The Balaban J connectivity index is 2.82. The zero-order valence-electron chi connectivity index (χ0n) is 15.1. The SMILES string of the molecule is C=CCC(C)(Br)/C=C/C=C1\CCC(=C/C(C)OC)/C(=C\CC)C1. The molecule has 1 nitrogen and oxygen atoms in total. The Morgan fingerprint density at radius 1 is 1.35 bits per heavy atom. The number of halogens is 1. The topological polar surface area (TPSA) is 9.23 Å². The van der Waals surface area contributed by atoms with E-state index in [4.69, 9.17) is 4.74 Å². The van der Waals surface area contributed by atoms with Crippen LogP contribution >= 0.6 is 15.9 Å². The van der Waals surface area contributed by atoms with E-state index in [2.05, 4.69) is 73.7 Å². The number of ether oxygens (including phenoxy) is 1. The highest BCUT2D eigenvalue weighted by atomic mass is 79.9. The van der Waals surface area contributed by atoms with Gasteiger partial charge in [-0.2, -0.15) is 0 Å². The predicted molar refractivity (Wildman–Crippen MR) is 106 cm³/mol. The van der Waals surface area contributed by atoms with Crippen molar-refractivity contribution in [3.8, 4) is 0 Å². The van der Waals surface area contributed by atoms with Gasteiger partial charge >= 0.3 is 0 Å². The molecular weight excluding hydrogens is 348 g/mol. The second-order valence-electron chi connectivity index (χ2n) is 6.40. The van der Waals surface area contributed by atoms with Crippen LogP contribution in [0.2, 0.25) is 0 Å². The number of alkyl halides is 1. The van der Waals surface area contributed by atoms with Gasteiger partial charge in [0, 0.05) is 11.4 Å². The molecule has 1 saturated carbocycles. The Morgan fingerprint density at radius 2 is 2.09 bits per heavy atom. The smallest absolute Gasteiger partial charge is 0.0729 e. The van der Waals surface area contributed by atoms with Crippen LogP contribution in [0.4, 0.5) is 0 Å². The molecule has 23 heavy (non-hydrogen) atoms. The van der Waals surface area contributed by atoms with E-state index in [1.165, 1.54) is 16.7 Å². The van der Waals surface area contributed by atoms with Crippen LogP contribution in [0, 0.1) is 0 Å². The standard InChI is InChI=1S/C21H31BrO/c1-6-9-19-16-18(10-8-14-21(4,22)13-7-2)11-12-20(19)15-17(3)23-5/h7-10,14-15,17H,2,6,11-13,16H2,1,3-5H3/b14-8+,18-10+,19-9-,20-15-. The van der Waals surface area contributed by atoms with Crippen molar-refractivity contribution in [2.24, 2.45) is 0 Å². The molecule has 0 aromatic heterocycles. The molecule has 0 aromatic rings. The molecule has 0 heterocycles. The molecule has 0 N–H and O–H groups in total. The average molecular weight is 379 g/mol. The van der Waals surface area contributed by atoms with Crippen LogP contribution in [0.25, 0.3) is 0 Å². The van der Waals surface area contributed by atoms with Crippen LogP contribution in [0.15, 0.2) is 59.8 Å². The Bertz CT molecular complexity index is 506. The van der Waals surface area contributed by atoms with E-state index < -0.39 is 0 Å². The van der Waals surface area contributed by atoms with Crippen molar-refractivity contribution in [1.29, 1.82) is 0 Å². The van der Waals surface area contributed by atoms with Gasteiger partial charge in [-0.25, -0.2) is 0 Å². The summed E-state index contributed by atoms with van der Waals surface area (Å²) in [6.07, 6.45) is 18.7. The molecular formula is C21H31BrO. The molecule has 128 valence electrons. The summed E-state index contributed by atoms with van der Waals surface area (Å²) in [4.78, 5) is 0. The fourth-order valence-electron chi connectivity index (χ4n) is 2.77. The molecule has 0 radical (unpaired) electrons. The second kappa shape index (κ2) is 10.1. The number of methoxy groups -OCH3 is 1. The van der Waals surface area contributed by atoms with Gasteiger partial charge in [0.1, 0.15) is 0 Å². The molecule has 1 fully saturated rings. The number of allylic oxidation sites excluding steroid dienone is 8. The van der Waals surface area contributed by atoms with Gasteiger partial charge < -0.3 is 4.74 Å². The first-order chi connectivity index (χ1) is 10.9. The van der Waals surface area contributed by atoms with E-state index in [9.17, 15) is 0 Å². The maximum Gasteiger partial charge on any atom is 0.0729 e. The first-order valence-electron chi connectivity index (χ1n) is 8.51. The normalized spacial score (nSPS) is 25.2.